The van der Waals surface area contributed by atoms with E-state index in [4.69, 9.17) is 9.15 Å². The Morgan fingerprint density at radius 2 is 2.00 bits per heavy atom. The molecule has 0 saturated carbocycles. The number of methoxy groups -OCH3 is 1. The number of ether oxygens (including phenoxy) is 1. The molecule has 1 atom stereocenters. The van der Waals surface area contributed by atoms with E-state index in [0.717, 1.165) is 25.3 Å². The molecule has 2 heterocycles. The van der Waals surface area contributed by atoms with Crippen LogP contribution in [0.15, 0.2) is 34.8 Å². The maximum absolute atomic E-state index is 5.54. The zero-order chi connectivity index (χ0) is 15.5. The molecule has 0 aliphatic carbocycles. The van der Waals surface area contributed by atoms with E-state index >= 15 is 0 Å². The van der Waals surface area contributed by atoms with Crippen LogP contribution in [0.25, 0.3) is 5.57 Å². The van der Waals surface area contributed by atoms with Gasteiger partial charge in [-0.15, -0.1) is 10.2 Å². The van der Waals surface area contributed by atoms with Gasteiger partial charge in [-0.2, -0.15) is 0 Å². The molecule has 0 fully saturated rings. The van der Waals surface area contributed by atoms with E-state index in [9.17, 15) is 0 Å². The quantitative estimate of drug-likeness (QED) is 0.867. The number of hydrogen-bond donors (Lipinski definition) is 0. The molecule has 5 nitrogen and oxygen atoms in total. The fourth-order valence-corrected chi connectivity index (χ4v) is 2.74. The van der Waals surface area contributed by atoms with Gasteiger partial charge in [0.2, 0.25) is 11.8 Å². The highest BCUT2D eigenvalue weighted by atomic mass is 16.5. The van der Waals surface area contributed by atoms with Gasteiger partial charge in [0, 0.05) is 20.0 Å². The van der Waals surface area contributed by atoms with E-state index in [0.29, 0.717) is 11.8 Å². The first kappa shape index (κ1) is 14.8. The molecular formula is C17H21N3O2. The van der Waals surface area contributed by atoms with Crippen molar-refractivity contribution in [3.05, 3.63) is 47.7 Å². The molecule has 0 bridgehead atoms. The number of rotatable bonds is 4. The summed E-state index contributed by atoms with van der Waals surface area (Å²) in [5, 5.41) is 8.04. The summed E-state index contributed by atoms with van der Waals surface area (Å²) in [5.41, 5.74) is 2.65. The van der Waals surface area contributed by atoms with E-state index in [1.165, 1.54) is 11.1 Å². The number of aryl methyl sites for hydroxylation is 1. The molecule has 3 rings (SSSR count). The molecule has 0 amide bonds. The van der Waals surface area contributed by atoms with Crippen LogP contribution in [-0.4, -0.2) is 35.3 Å². The standard InChI is InChI=1S/C17H21N3O2/c1-12(17-19-18-13(2)22-17)20-10-8-15(9-11-20)14-4-6-16(21-3)7-5-14/h4-8,12H,9-11H2,1-3H3/t12-/m0/s1. The average molecular weight is 299 g/mol. The van der Waals surface area contributed by atoms with Crippen molar-refractivity contribution in [3.63, 3.8) is 0 Å². The molecule has 1 aromatic heterocycles. The van der Waals surface area contributed by atoms with Gasteiger partial charge < -0.3 is 9.15 Å². The van der Waals surface area contributed by atoms with E-state index in [1.54, 1.807) is 7.11 Å². The summed E-state index contributed by atoms with van der Waals surface area (Å²) in [6, 6.07) is 8.39. The molecule has 2 aromatic rings. The van der Waals surface area contributed by atoms with Gasteiger partial charge in [0.05, 0.1) is 13.2 Å². The van der Waals surface area contributed by atoms with Crippen LogP contribution in [0.3, 0.4) is 0 Å². The minimum atomic E-state index is 0.148. The fourth-order valence-electron chi connectivity index (χ4n) is 2.74. The van der Waals surface area contributed by atoms with Gasteiger partial charge in [-0.25, -0.2) is 0 Å². The van der Waals surface area contributed by atoms with Crippen LogP contribution in [0.2, 0.25) is 0 Å². The molecule has 0 saturated heterocycles. The Balaban J connectivity index is 1.68. The predicted molar refractivity (Wildman–Crippen MR) is 84.6 cm³/mol. The second-order valence-electron chi connectivity index (χ2n) is 5.54. The van der Waals surface area contributed by atoms with Gasteiger partial charge >= 0.3 is 0 Å². The van der Waals surface area contributed by atoms with E-state index in [2.05, 4.69) is 40.2 Å². The largest absolute Gasteiger partial charge is 0.497 e. The smallest absolute Gasteiger partial charge is 0.233 e. The normalized spacial score (nSPS) is 17.1. The lowest BCUT2D eigenvalue weighted by molar-refractivity contribution is 0.199. The Labute approximate surface area is 130 Å². The molecule has 5 heteroatoms. The van der Waals surface area contributed by atoms with Crippen LogP contribution >= 0.6 is 0 Å². The van der Waals surface area contributed by atoms with Crippen molar-refractivity contribution in [3.8, 4) is 5.75 Å². The number of hydrogen-bond acceptors (Lipinski definition) is 5. The van der Waals surface area contributed by atoms with Crippen LogP contribution in [0.1, 0.15) is 36.7 Å². The van der Waals surface area contributed by atoms with Crippen LogP contribution in [0, 0.1) is 6.92 Å². The molecule has 0 spiro atoms. The Morgan fingerprint density at radius 3 is 2.55 bits per heavy atom. The summed E-state index contributed by atoms with van der Waals surface area (Å²) in [4.78, 5) is 2.35. The van der Waals surface area contributed by atoms with Gasteiger partial charge in [-0.3, -0.25) is 4.90 Å². The molecule has 1 aliphatic heterocycles. The molecule has 0 N–H and O–H groups in total. The number of benzene rings is 1. The highest BCUT2D eigenvalue weighted by molar-refractivity contribution is 5.67. The van der Waals surface area contributed by atoms with Crippen LogP contribution in [-0.2, 0) is 0 Å². The SMILES string of the molecule is COc1ccc(C2=CCN([C@@H](C)c3nnc(C)o3)CC2)cc1. The lowest BCUT2D eigenvalue weighted by Crippen LogP contribution is -2.31. The maximum atomic E-state index is 5.54. The molecule has 1 aromatic carbocycles. The summed E-state index contributed by atoms with van der Waals surface area (Å²) in [6.07, 6.45) is 3.30. The fraction of sp³-hybridized carbons (Fsp3) is 0.412. The van der Waals surface area contributed by atoms with Gasteiger partial charge in [0.25, 0.3) is 0 Å². The minimum Gasteiger partial charge on any atom is -0.497 e. The van der Waals surface area contributed by atoms with Crippen molar-refractivity contribution >= 4 is 5.57 Å². The average Bonchev–Trinajstić information content (AvgIpc) is 3.01. The first-order chi connectivity index (χ1) is 10.7. The number of aromatic nitrogens is 2. The number of nitrogens with zero attached hydrogens (tertiary/aromatic N) is 3. The molecule has 116 valence electrons. The molecule has 0 unspecified atom stereocenters. The Morgan fingerprint density at radius 1 is 1.23 bits per heavy atom. The summed E-state index contributed by atoms with van der Waals surface area (Å²) in [7, 11) is 1.69. The van der Waals surface area contributed by atoms with Gasteiger partial charge in [-0.05, 0) is 36.6 Å². The third-order valence-corrected chi connectivity index (χ3v) is 4.15. The van der Waals surface area contributed by atoms with Crippen LogP contribution in [0.5, 0.6) is 5.75 Å². The highest BCUT2D eigenvalue weighted by Gasteiger charge is 2.23. The zero-order valence-electron chi connectivity index (χ0n) is 13.2. The summed E-state index contributed by atoms with van der Waals surface area (Å²) < 4.78 is 10.7. The topological polar surface area (TPSA) is 51.4 Å². The van der Waals surface area contributed by atoms with Crippen LogP contribution < -0.4 is 4.74 Å². The first-order valence-electron chi connectivity index (χ1n) is 7.55. The van der Waals surface area contributed by atoms with Crippen molar-refractivity contribution in [1.82, 2.24) is 15.1 Å². The minimum absolute atomic E-state index is 0.148. The van der Waals surface area contributed by atoms with Crippen molar-refractivity contribution in [2.45, 2.75) is 26.3 Å². The highest BCUT2D eigenvalue weighted by Crippen LogP contribution is 2.28. The summed E-state index contributed by atoms with van der Waals surface area (Å²) >= 11 is 0. The van der Waals surface area contributed by atoms with Crippen molar-refractivity contribution < 1.29 is 9.15 Å². The molecule has 22 heavy (non-hydrogen) atoms. The molecule has 0 radical (unpaired) electrons. The van der Waals surface area contributed by atoms with Gasteiger partial charge in [-0.1, -0.05) is 18.2 Å². The van der Waals surface area contributed by atoms with Crippen molar-refractivity contribution in [2.75, 3.05) is 20.2 Å². The van der Waals surface area contributed by atoms with Crippen molar-refractivity contribution in [2.24, 2.45) is 0 Å². The first-order valence-corrected chi connectivity index (χ1v) is 7.55. The lowest BCUT2D eigenvalue weighted by atomic mass is 9.98. The summed E-state index contributed by atoms with van der Waals surface area (Å²) in [6.45, 7) is 5.81. The predicted octanol–water partition coefficient (Wildman–Crippen LogP) is 3.24. The molecule has 1 aliphatic rings. The molecular weight excluding hydrogens is 278 g/mol. The van der Waals surface area contributed by atoms with Gasteiger partial charge in [0.1, 0.15) is 5.75 Å². The van der Waals surface area contributed by atoms with Crippen molar-refractivity contribution in [1.29, 1.82) is 0 Å². The monoisotopic (exact) mass is 299 g/mol. The Bertz CT molecular complexity index is 661. The Hall–Kier alpha value is -2.14. The van der Waals surface area contributed by atoms with E-state index in [-0.39, 0.29) is 6.04 Å². The second kappa shape index (κ2) is 6.32. The summed E-state index contributed by atoms with van der Waals surface area (Å²) in [5.74, 6) is 2.20. The third-order valence-electron chi connectivity index (χ3n) is 4.15. The van der Waals surface area contributed by atoms with Gasteiger partial charge in [0.15, 0.2) is 0 Å². The maximum Gasteiger partial charge on any atom is 0.233 e. The zero-order valence-corrected chi connectivity index (χ0v) is 13.2. The second-order valence-corrected chi connectivity index (χ2v) is 5.54. The van der Waals surface area contributed by atoms with E-state index < -0.39 is 0 Å². The lowest BCUT2D eigenvalue weighted by Gasteiger charge is -2.30. The third kappa shape index (κ3) is 3.04. The van der Waals surface area contributed by atoms with Crippen LogP contribution in [0.4, 0.5) is 0 Å². The Kier molecular flexibility index (Phi) is 4.24. The van der Waals surface area contributed by atoms with E-state index in [1.807, 2.05) is 19.1 Å².